The molecule has 5 nitrogen and oxygen atoms in total. The molecule has 0 bridgehead atoms. The minimum atomic E-state index is -0.527. The predicted molar refractivity (Wildman–Crippen MR) is 98.7 cm³/mol. The number of nitrogens with one attached hydrogen (secondary N) is 2. The summed E-state index contributed by atoms with van der Waals surface area (Å²) in [6.07, 6.45) is 5.63. The Balaban J connectivity index is 1.97. The van der Waals surface area contributed by atoms with Crippen molar-refractivity contribution in [3.63, 3.8) is 0 Å². The monoisotopic (exact) mass is 346 g/mol. The summed E-state index contributed by atoms with van der Waals surface area (Å²) in [5, 5.41) is 5.99. The molecule has 1 aliphatic rings. The van der Waals surface area contributed by atoms with E-state index >= 15 is 0 Å². The number of hydrogen-bond donors (Lipinski definition) is 2. The third kappa shape index (κ3) is 5.76. The lowest BCUT2D eigenvalue weighted by molar-refractivity contribution is -0.124. The Morgan fingerprint density at radius 2 is 1.76 bits per heavy atom. The van der Waals surface area contributed by atoms with Gasteiger partial charge in [0.15, 0.2) is 0 Å². The number of amides is 2. The van der Waals surface area contributed by atoms with Gasteiger partial charge in [-0.1, -0.05) is 33.1 Å². The molecular formula is C20H30N2O3. The Hall–Kier alpha value is -2.04. The van der Waals surface area contributed by atoms with Gasteiger partial charge in [0.1, 0.15) is 11.8 Å². The summed E-state index contributed by atoms with van der Waals surface area (Å²) >= 11 is 0. The second-order valence-corrected chi connectivity index (χ2v) is 7.00. The molecular weight excluding hydrogens is 316 g/mol. The van der Waals surface area contributed by atoms with Crippen molar-refractivity contribution in [1.29, 1.82) is 0 Å². The fourth-order valence-electron chi connectivity index (χ4n) is 3.17. The van der Waals surface area contributed by atoms with Crippen LogP contribution < -0.4 is 15.4 Å². The van der Waals surface area contributed by atoms with Crippen molar-refractivity contribution >= 4 is 11.8 Å². The average Bonchev–Trinajstić information content (AvgIpc) is 2.61. The highest BCUT2D eigenvalue weighted by molar-refractivity contribution is 5.97. The third-order valence-corrected chi connectivity index (χ3v) is 4.61. The quantitative estimate of drug-likeness (QED) is 0.796. The van der Waals surface area contributed by atoms with Crippen molar-refractivity contribution in [2.24, 2.45) is 5.92 Å². The van der Waals surface area contributed by atoms with Crippen molar-refractivity contribution < 1.29 is 14.3 Å². The molecule has 0 spiro atoms. The lowest BCUT2D eigenvalue weighted by atomic mass is 9.94. The molecule has 1 fully saturated rings. The number of carbonyl (C=O) groups is 2. The second-order valence-electron chi connectivity index (χ2n) is 7.00. The standard InChI is InChI=1S/C20H30N2O3/c1-4-25-17-12-10-15(11-13-17)19(23)22-18(14(2)3)20(24)21-16-8-6-5-7-9-16/h10-14,16,18H,4-9H2,1-3H3,(H,21,24)(H,22,23)/t18-/m0/s1. The molecule has 0 radical (unpaired) electrons. The molecule has 0 heterocycles. The topological polar surface area (TPSA) is 67.4 Å². The van der Waals surface area contributed by atoms with E-state index in [4.69, 9.17) is 4.74 Å². The van der Waals surface area contributed by atoms with E-state index in [0.717, 1.165) is 31.4 Å². The van der Waals surface area contributed by atoms with Crippen LogP contribution in [0.1, 0.15) is 63.2 Å². The fraction of sp³-hybridized carbons (Fsp3) is 0.600. The van der Waals surface area contributed by atoms with E-state index < -0.39 is 6.04 Å². The lowest BCUT2D eigenvalue weighted by Crippen LogP contribution is -2.52. The van der Waals surface area contributed by atoms with Crippen molar-refractivity contribution in [1.82, 2.24) is 10.6 Å². The van der Waals surface area contributed by atoms with Crippen LogP contribution in [-0.2, 0) is 4.79 Å². The highest BCUT2D eigenvalue weighted by Crippen LogP contribution is 2.18. The van der Waals surface area contributed by atoms with Gasteiger partial charge in [-0.3, -0.25) is 9.59 Å². The van der Waals surface area contributed by atoms with Gasteiger partial charge in [0.05, 0.1) is 6.61 Å². The zero-order valence-corrected chi connectivity index (χ0v) is 15.5. The Morgan fingerprint density at radius 1 is 1.12 bits per heavy atom. The fourth-order valence-corrected chi connectivity index (χ4v) is 3.17. The smallest absolute Gasteiger partial charge is 0.251 e. The van der Waals surface area contributed by atoms with Gasteiger partial charge in [-0.25, -0.2) is 0 Å². The summed E-state index contributed by atoms with van der Waals surface area (Å²) in [6.45, 7) is 6.40. The van der Waals surface area contributed by atoms with Gasteiger partial charge >= 0.3 is 0 Å². The van der Waals surface area contributed by atoms with Gasteiger partial charge in [0, 0.05) is 11.6 Å². The maximum Gasteiger partial charge on any atom is 0.251 e. The molecule has 1 saturated carbocycles. The molecule has 0 saturated heterocycles. The Kier molecular flexibility index (Phi) is 7.29. The molecule has 1 aliphatic carbocycles. The van der Waals surface area contributed by atoms with Crippen LogP contribution in [-0.4, -0.2) is 30.5 Å². The normalized spacial score (nSPS) is 16.3. The third-order valence-electron chi connectivity index (χ3n) is 4.61. The van der Waals surface area contributed by atoms with Crippen LogP contribution in [0, 0.1) is 5.92 Å². The van der Waals surface area contributed by atoms with E-state index in [1.807, 2.05) is 20.8 Å². The van der Waals surface area contributed by atoms with E-state index in [1.165, 1.54) is 6.42 Å². The van der Waals surface area contributed by atoms with Crippen molar-refractivity contribution in [2.75, 3.05) is 6.61 Å². The van der Waals surface area contributed by atoms with Crippen LogP contribution in [0.4, 0.5) is 0 Å². The summed E-state index contributed by atoms with van der Waals surface area (Å²) in [6, 6.07) is 6.69. The maximum absolute atomic E-state index is 12.6. The summed E-state index contributed by atoms with van der Waals surface area (Å²) < 4.78 is 5.39. The number of benzene rings is 1. The SMILES string of the molecule is CCOc1ccc(C(=O)N[C@H](C(=O)NC2CCCCC2)C(C)C)cc1. The molecule has 0 aromatic heterocycles. The highest BCUT2D eigenvalue weighted by atomic mass is 16.5. The van der Waals surface area contributed by atoms with Crippen molar-refractivity contribution in [2.45, 2.75) is 65.0 Å². The minimum absolute atomic E-state index is 0.0234. The maximum atomic E-state index is 12.6. The van der Waals surface area contributed by atoms with Gasteiger partial charge in [-0.2, -0.15) is 0 Å². The van der Waals surface area contributed by atoms with Crippen LogP contribution in [0.5, 0.6) is 5.75 Å². The molecule has 25 heavy (non-hydrogen) atoms. The molecule has 2 N–H and O–H groups in total. The van der Waals surface area contributed by atoms with Crippen molar-refractivity contribution in [3.05, 3.63) is 29.8 Å². The molecule has 1 aromatic rings. The zero-order valence-electron chi connectivity index (χ0n) is 15.5. The first-order valence-electron chi connectivity index (χ1n) is 9.35. The molecule has 1 atom stereocenters. The molecule has 5 heteroatoms. The van der Waals surface area contributed by atoms with E-state index in [0.29, 0.717) is 12.2 Å². The van der Waals surface area contributed by atoms with Crippen LogP contribution >= 0.6 is 0 Å². The Morgan fingerprint density at radius 3 is 2.32 bits per heavy atom. The summed E-state index contributed by atoms with van der Waals surface area (Å²) in [4.78, 5) is 25.1. The number of ether oxygens (including phenoxy) is 1. The Bertz CT molecular complexity index is 563. The molecule has 2 amide bonds. The number of rotatable bonds is 7. The van der Waals surface area contributed by atoms with Gasteiger partial charge < -0.3 is 15.4 Å². The summed E-state index contributed by atoms with van der Waals surface area (Å²) in [5.41, 5.74) is 0.527. The van der Waals surface area contributed by atoms with E-state index in [2.05, 4.69) is 10.6 Å². The molecule has 138 valence electrons. The van der Waals surface area contributed by atoms with Gasteiger partial charge in [0.25, 0.3) is 5.91 Å². The van der Waals surface area contributed by atoms with E-state index in [9.17, 15) is 9.59 Å². The molecule has 1 aromatic carbocycles. The first-order chi connectivity index (χ1) is 12.0. The molecule has 0 aliphatic heterocycles. The average molecular weight is 346 g/mol. The van der Waals surface area contributed by atoms with Crippen LogP contribution in [0.2, 0.25) is 0 Å². The lowest BCUT2D eigenvalue weighted by Gasteiger charge is -2.27. The van der Waals surface area contributed by atoms with E-state index in [1.54, 1.807) is 24.3 Å². The largest absolute Gasteiger partial charge is 0.494 e. The zero-order chi connectivity index (χ0) is 18.2. The molecule has 2 rings (SSSR count). The van der Waals surface area contributed by atoms with Gasteiger partial charge in [-0.05, 0) is 49.9 Å². The Labute approximate surface area is 150 Å². The van der Waals surface area contributed by atoms with Crippen LogP contribution in [0.15, 0.2) is 24.3 Å². The number of carbonyl (C=O) groups excluding carboxylic acids is 2. The first-order valence-corrected chi connectivity index (χ1v) is 9.35. The predicted octanol–water partition coefficient (Wildman–Crippen LogP) is 3.29. The van der Waals surface area contributed by atoms with Gasteiger partial charge in [-0.15, -0.1) is 0 Å². The first kappa shape index (κ1) is 19.3. The highest BCUT2D eigenvalue weighted by Gasteiger charge is 2.27. The van der Waals surface area contributed by atoms with Crippen LogP contribution in [0.25, 0.3) is 0 Å². The summed E-state index contributed by atoms with van der Waals surface area (Å²) in [5.74, 6) is 0.437. The number of hydrogen-bond acceptors (Lipinski definition) is 3. The van der Waals surface area contributed by atoms with E-state index in [-0.39, 0.29) is 23.8 Å². The van der Waals surface area contributed by atoms with Crippen LogP contribution in [0.3, 0.4) is 0 Å². The van der Waals surface area contributed by atoms with Gasteiger partial charge in [0.2, 0.25) is 5.91 Å². The minimum Gasteiger partial charge on any atom is -0.494 e. The summed E-state index contributed by atoms with van der Waals surface area (Å²) in [7, 11) is 0. The molecule has 0 unspecified atom stereocenters. The second kappa shape index (κ2) is 9.44. The van der Waals surface area contributed by atoms with Crippen molar-refractivity contribution in [3.8, 4) is 5.75 Å².